The Labute approximate surface area is 130 Å². The maximum atomic E-state index is 12.1. The van der Waals surface area contributed by atoms with Gasteiger partial charge >= 0.3 is 0 Å². The molecule has 2 N–H and O–H groups in total. The number of rotatable bonds is 3. The van der Waals surface area contributed by atoms with E-state index in [1.165, 1.54) is 16.2 Å². The molecule has 1 aliphatic heterocycles. The van der Waals surface area contributed by atoms with Crippen molar-refractivity contribution in [2.45, 2.75) is 32.7 Å². The minimum atomic E-state index is -0.436. The van der Waals surface area contributed by atoms with E-state index in [2.05, 4.69) is 28.6 Å². The van der Waals surface area contributed by atoms with Crippen molar-refractivity contribution in [3.8, 4) is 10.6 Å². The SMILES string of the molecule is Cc1ccc(-c2nc(NC(=O)[C@H]3CCC(=O)N3)sc2C)s1. The number of nitrogens with one attached hydrogen (secondary N) is 2. The quantitative estimate of drug-likeness (QED) is 0.913. The van der Waals surface area contributed by atoms with Gasteiger partial charge in [-0.05, 0) is 32.4 Å². The van der Waals surface area contributed by atoms with Gasteiger partial charge in [-0.3, -0.25) is 9.59 Å². The highest BCUT2D eigenvalue weighted by Crippen LogP contribution is 2.34. The Morgan fingerprint density at radius 1 is 1.38 bits per heavy atom. The highest BCUT2D eigenvalue weighted by atomic mass is 32.1. The van der Waals surface area contributed by atoms with Crippen LogP contribution in [-0.2, 0) is 9.59 Å². The molecule has 1 saturated heterocycles. The van der Waals surface area contributed by atoms with E-state index in [9.17, 15) is 9.59 Å². The van der Waals surface area contributed by atoms with Crippen LogP contribution >= 0.6 is 22.7 Å². The molecule has 0 aromatic carbocycles. The Bertz CT molecular complexity index is 705. The number of thiazole rings is 1. The molecule has 3 rings (SSSR count). The van der Waals surface area contributed by atoms with Crippen molar-refractivity contribution in [2.24, 2.45) is 0 Å². The highest BCUT2D eigenvalue weighted by Gasteiger charge is 2.27. The summed E-state index contributed by atoms with van der Waals surface area (Å²) in [6, 6.07) is 3.67. The number of carbonyl (C=O) groups excluding carboxylic acids is 2. The second-order valence-electron chi connectivity index (χ2n) is 4.98. The molecule has 2 aromatic rings. The van der Waals surface area contributed by atoms with Gasteiger partial charge < -0.3 is 10.6 Å². The molecule has 1 atom stereocenters. The Balaban J connectivity index is 1.75. The summed E-state index contributed by atoms with van der Waals surface area (Å²) in [5.41, 5.74) is 0.920. The monoisotopic (exact) mass is 321 g/mol. The molecule has 7 heteroatoms. The van der Waals surface area contributed by atoms with Crippen LogP contribution in [0, 0.1) is 13.8 Å². The zero-order chi connectivity index (χ0) is 15.0. The summed E-state index contributed by atoms with van der Waals surface area (Å²) in [6.07, 6.45) is 0.959. The number of thiophene rings is 1. The molecule has 0 unspecified atom stereocenters. The van der Waals surface area contributed by atoms with Crippen molar-refractivity contribution in [1.82, 2.24) is 10.3 Å². The lowest BCUT2D eigenvalue weighted by molar-refractivity contribution is -0.122. The van der Waals surface area contributed by atoms with Crippen LogP contribution in [0.1, 0.15) is 22.6 Å². The van der Waals surface area contributed by atoms with E-state index < -0.39 is 6.04 Å². The molecular weight excluding hydrogens is 306 g/mol. The van der Waals surface area contributed by atoms with Crippen molar-refractivity contribution in [2.75, 3.05) is 5.32 Å². The van der Waals surface area contributed by atoms with Crippen molar-refractivity contribution in [1.29, 1.82) is 0 Å². The average Bonchev–Trinajstić information content (AvgIpc) is 3.11. The third-order valence-corrected chi connectivity index (χ3v) is 5.21. The van der Waals surface area contributed by atoms with Crippen molar-refractivity contribution >= 4 is 39.6 Å². The Hall–Kier alpha value is -1.73. The smallest absolute Gasteiger partial charge is 0.248 e. The molecule has 3 heterocycles. The molecule has 0 spiro atoms. The van der Waals surface area contributed by atoms with Crippen LogP contribution in [0.3, 0.4) is 0 Å². The summed E-state index contributed by atoms with van der Waals surface area (Å²) in [6.45, 7) is 4.05. The summed E-state index contributed by atoms with van der Waals surface area (Å²) in [7, 11) is 0. The number of nitrogens with zero attached hydrogens (tertiary/aromatic N) is 1. The van der Waals surface area contributed by atoms with Gasteiger partial charge in [0.1, 0.15) is 6.04 Å². The summed E-state index contributed by atoms with van der Waals surface area (Å²) in [5, 5.41) is 6.04. The van der Waals surface area contributed by atoms with Gasteiger partial charge in [0.2, 0.25) is 11.8 Å². The van der Waals surface area contributed by atoms with E-state index in [1.54, 1.807) is 11.3 Å². The Morgan fingerprint density at radius 3 is 2.81 bits per heavy atom. The number of aromatic nitrogens is 1. The maximum absolute atomic E-state index is 12.1. The summed E-state index contributed by atoms with van der Waals surface area (Å²) >= 11 is 3.14. The second-order valence-corrected chi connectivity index (χ2v) is 7.47. The molecule has 2 aromatic heterocycles. The molecule has 1 fully saturated rings. The van der Waals surface area contributed by atoms with Gasteiger partial charge in [-0.15, -0.1) is 22.7 Å². The number of anilines is 1. The van der Waals surface area contributed by atoms with Crippen molar-refractivity contribution in [3.63, 3.8) is 0 Å². The topological polar surface area (TPSA) is 71.1 Å². The van der Waals surface area contributed by atoms with Crippen molar-refractivity contribution < 1.29 is 9.59 Å². The van der Waals surface area contributed by atoms with Crippen molar-refractivity contribution in [3.05, 3.63) is 21.9 Å². The maximum Gasteiger partial charge on any atom is 0.248 e. The van der Waals surface area contributed by atoms with Gasteiger partial charge in [-0.2, -0.15) is 0 Å². The van der Waals surface area contributed by atoms with E-state index in [4.69, 9.17) is 0 Å². The molecule has 0 bridgehead atoms. The number of carbonyl (C=O) groups is 2. The molecular formula is C14H15N3O2S2. The number of hydrogen-bond donors (Lipinski definition) is 2. The van der Waals surface area contributed by atoms with Gasteiger partial charge in [0.05, 0.1) is 10.6 Å². The summed E-state index contributed by atoms with van der Waals surface area (Å²) in [4.78, 5) is 31.1. The normalized spacial score (nSPS) is 17.8. The number of aryl methyl sites for hydroxylation is 2. The van der Waals surface area contributed by atoms with Crippen LogP contribution in [0.15, 0.2) is 12.1 Å². The minimum absolute atomic E-state index is 0.0692. The van der Waals surface area contributed by atoms with Crippen LogP contribution in [0.25, 0.3) is 10.6 Å². The lowest BCUT2D eigenvalue weighted by Gasteiger charge is -2.08. The van der Waals surface area contributed by atoms with E-state index >= 15 is 0 Å². The fourth-order valence-electron chi connectivity index (χ4n) is 2.24. The number of hydrogen-bond acceptors (Lipinski definition) is 5. The zero-order valence-electron chi connectivity index (χ0n) is 11.7. The second kappa shape index (κ2) is 5.57. The van der Waals surface area contributed by atoms with Crippen LogP contribution < -0.4 is 10.6 Å². The molecule has 0 aliphatic carbocycles. The van der Waals surface area contributed by atoms with Gasteiger partial charge in [0.15, 0.2) is 5.13 Å². The minimum Gasteiger partial charge on any atom is -0.344 e. The van der Waals surface area contributed by atoms with Crippen LogP contribution in [-0.4, -0.2) is 22.8 Å². The molecule has 21 heavy (non-hydrogen) atoms. The highest BCUT2D eigenvalue weighted by molar-refractivity contribution is 7.18. The third kappa shape index (κ3) is 2.98. The first-order chi connectivity index (χ1) is 10.0. The molecule has 0 radical (unpaired) electrons. The fourth-order valence-corrected chi connectivity index (χ4v) is 4.05. The third-order valence-electron chi connectivity index (χ3n) is 3.31. The largest absolute Gasteiger partial charge is 0.344 e. The molecule has 5 nitrogen and oxygen atoms in total. The molecule has 0 saturated carbocycles. The lowest BCUT2D eigenvalue weighted by atomic mass is 10.2. The summed E-state index contributed by atoms with van der Waals surface area (Å²) < 4.78 is 0. The van der Waals surface area contributed by atoms with E-state index in [0.29, 0.717) is 18.0 Å². The first kappa shape index (κ1) is 14.2. The average molecular weight is 321 g/mol. The van der Waals surface area contributed by atoms with Crippen LogP contribution in [0.2, 0.25) is 0 Å². The van der Waals surface area contributed by atoms with Gasteiger partial charge in [0, 0.05) is 16.2 Å². The van der Waals surface area contributed by atoms with E-state index in [1.807, 2.05) is 13.0 Å². The standard InChI is InChI=1S/C14H15N3O2S2/c1-7-3-5-10(20-7)12-8(2)21-14(16-12)17-13(19)9-4-6-11(18)15-9/h3,5,9H,4,6H2,1-2H3,(H,15,18)(H,16,17,19)/t9-/m1/s1. The zero-order valence-corrected chi connectivity index (χ0v) is 13.4. The first-order valence-electron chi connectivity index (χ1n) is 6.67. The lowest BCUT2D eigenvalue weighted by Crippen LogP contribution is -2.37. The Morgan fingerprint density at radius 2 is 2.19 bits per heavy atom. The van der Waals surface area contributed by atoms with Crippen LogP contribution in [0.5, 0.6) is 0 Å². The van der Waals surface area contributed by atoms with Gasteiger partial charge in [-0.25, -0.2) is 4.98 Å². The van der Waals surface area contributed by atoms with E-state index in [0.717, 1.165) is 15.4 Å². The Kier molecular flexibility index (Phi) is 3.77. The van der Waals surface area contributed by atoms with Crippen LogP contribution in [0.4, 0.5) is 5.13 Å². The first-order valence-corrected chi connectivity index (χ1v) is 8.30. The fraction of sp³-hybridized carbons (Fsp3) is 0.357. The van der Waals surface area contributed by atoms with Gasteiger partial charge in [-0.1, -0.05) is 0 Å². The molecule has 110 valence electrons. The predicted octanol–water partition coefficient (Wildman–Crippen LogP) is 2.71. The summed E-state index contributed by atoms with van der Waals surface area (Å²) in [5.74, 6) is -0.260. The van der Waals surface area contributed by atoms with Gasteiger partial charge in [0.25, 0.3) is 0 Å². The molecule has 2 amide bonds. The predicted molar refractivity (Wildman–Crippen MR) is 84.7 cm³/mol. The van der Waals surface area contributed by atoms with E-state index in [-0.39, 0.29) is 11.8 Å². The molecule has 1 aliphatic rings. The number of amides is 2.